The number of fused-ring (bicyclic) bond motifs is 14. The van der Waals surface area contributed by atoms with Gasteiger partial charge in [-0.25, -0.2) is 0 Å². The lowest BCUT2D eigenvalue weighted by Crippen LogP contribution is -1.98. The van der Waals surface area contributed by atoms with E-state index in [9.17, 15) is 0 Å². The van der Waals surface area contributed by atoms with Crippen LogP contribution in [0.25, 0.3) is 119 Å². The number of furan rings is 1. The summed E-state index contributed by atoms with van der Waals surface area (Å²) in [5, 5.41) is 9.99. The van der Waals surface area contributed by atoms with Crippen molar-refractivity contribution in [3.63, 3.8) is 0 Å². The molecule has 0 unspecified atom stereocenters. The zero-order valence-electron chi connectivity index (χ0n) is 27.7. The first kappa shape index (κ1) is 27.1. The van der Waals surface area contributed by atoms with Crippen LogP contribution in [0.2, 0.25) is 0 Å². The number of para-hydroxylation sites is 4. The maximum Gasteiger partial charge on any atom is 0.143 e. The first-order valence-electron chi connectivity index (χ1n) is 17.8. The molecule has 5 aromatic heterocycles. The summed E-state index contributed by atoms with van der Waals surface area (Å²) < 4.78 is 14.3. The third kappa shape index (κ3) is 3.23. The summed E-state index contributed by atoms with van der Waals surface area (Å²) in [6, 6.07) is 57.8. The molecular formula is C48H26N2OS. The summed E-state index contributed by atoms with van der Waals surface area (Å²) >= 11 is 1.90. The molecular weight excluding hydrogens is 653 g/mol. The molecule has 0 atom stereocenters. The Kier molecular flexibility index (Phi) is 5.00. The molecule has 0 aliphatic carbocycles. The van der Waals surface area contributed by atoms with Gasteiger partial charge in [-0.2, -0.15) is 0 Å². The molecule has 4 heteroatoms. The van der Waals surface area contributed by atoms with Gasteiger partial charge in [-0.15, -0.1) is 11.3 Å². The van der Waals surface area contributed by atoms with Crippen LogP contribution in [0.5, 0.6) is 0 Å². The lowest BCUT2D eigenvalue weighted by molar-refractivity contribution is 0.670. The quantitative estimate of drug-likeness (QED) is 0.167. The van der Waals surface area contributed by atoms with E-state index in [1.54, 1.807) is 0 Å². The highest BCUT2D eigenvalue weighted by atomic mass is 32.1. The Balaban J connectivity index is 1.22. The second-order valence-electron chi connectivity index (χ2n) is 14.0. The molecule has 5 heterocycles. The minimum Gasteiger partial charge on any atom is -0.455 e. The Labute approximate surface area is 300 Å². The lowest BCUT2D eigenvalue weighted by Gasteiger charge is -2.15. The van der Waals surface area contributed by atoms with Gasteiger partial charge in [0.2, 0.25) is 0 Å². The second kappa shape index (κ2) is 9.58. The van der Waals surface area contributed by atoms with E-state index >= 15 is 0 Å². The van der Waals surface area contributed by atoms with E-state index in [1.165, 1.54) is 91.5 Å². The normalized spacial score (nSPS) is 12.6. The lowest BCUT2D eigenvalue weighted by atomic mass is 9.96. The maximum atomic E-state index is 6.62. The van der Waals surface area contributed by atoms with E-state index in [1.807, 2.05) is 17.4 Å². The number of benzene rings is 8. The van der Waals surface area contributed by atoms with Gasteiger partial charge in [0.25, 0.3) is 0 Å². The van der Waals surface area contributed by atoms with Crippen LogP contribution in [0.15, 0.2) is 162 Å². The van der Waals surface area contributed by atoms with Gasteiger partial charge in [0, 0.05) is 63.6 Å². The summed E-state index contributed by atoms with van der Waals surface area (Å²) in [6.07, 6.45) is 0. The molecule has 0 fully saturated rings. The van der Waals surface area contributed by atoms with Crippen molar-refractivity contribution in [1.82, 2.24) is 8.80 Å². The van der Waals surface area contributed by atoms with E-state index in [0.29, 0.717) is 0 Å². The Morgan fingerprint density at radius 2 is 0.904 bits per heavy atom. The van der Waals surface area contributed by atoms with Crippen molar-refractivity contribution in [3.8, 4) is 22.3 Å². The third-order valence-electron chi connectivity index (χ3n) is 11.5. The number of hydrogen-bond donors (Lipinski definition) is 0. The Morgan fingerprint density at radius 1 is 0.365 bits per heavy atom. The maximum absolute atomic E-state index is 6.62. The molecule has 13 rings (SSSR count). The smallest absolute Gasteiger partial charge is 0.143 e. The van der Waals surface area contributed by atoms with Crippen LogP contribution in [-0.2, 0) is 0 Å². The van der Waals surface area contributed by atoms with E-state index in [-0.39, 0.29) is 0 Å². The van der Waals surface area contributed by atoms with E-state index in [4.69, 9.17) is 4.42 Å². The van der Waals surface area contributed by atoms with E-state index in [0.717, 1.165) is 27.5 Å². The molecule has 3 nitrogen and oxygen atoms in total. The average molecular weight is 679 g/mol. The molecule has 240 valence electrons. The molecule has 52 heavy (non-hydrogen) atoms. The standard InChI is InChI=1S/C48H26N2OS/c1-5-19-37-35(13-1)43-29(32-16-9-15-31-27-11-3-7-21-41(27)51-47(31)32)23-25-39-45(43)49(37)40-26-24-30(44-36-14-2-6-20-38(36)50(39)46(40)44)34-18-10-17-33-28-12-4-8-22-42(28)52-48(33)34/h1-26H. The second-order valence-corrected chi connectivity index (χ2v) is 15.0. The van der Waals surface area contributed by atoms with Crippen LogP contribution in [0.4, 0.5) is 0 Å². The van der Waals surface area contributed by atoms with Gasteiger partial charge in [-0.3, -0.25) is 0 Å². The predicted molar refractivity (Wildman–Crippen MR) is 221 cm³/mol. The van der Waals surface area contributed by atoms with Crippen molar-refractivity contribution in [2.75, 3.05) is 0 Å². The molecule has 0 spiro atoms. The van der Waals surface area contributed by atoms with Crippen molar-refractivity contribution in [2.24, 2.45) is 0 Å². The Morgan fingerprint density at radius 3 is 1.62 bits per heavy atom. The fourth-order valence-electron chi connectivity index (χ4n) is 9.39. The number of nitrogens with zero attached hydrogens (tertiary/aromatic N) is 2. The predicted octanol–water partition coefficient (Wildman–Crippen LogP) is 13.8. The molecule has 0 bridgehead atoms. The minimum absolute atomic E-state index is 0.915. The van der Waals surface area contributed by atoms with Gasteiger partial charge >= 0.3 is 0 Å². The van der Waals surface area contributed by atoms with Crippen LogP contribution in [0.1, 0.15) is 0 Å². The van der Waals surface area contributed by atoms with Gasteiger partial charge in [-0.05, 0) is 47.5 Å². The number of hydrogen-bond acceptors (Lipinski definition) is 2. The van der Waals surface area contributed by atoms with Crippen molar-refractivity contribution >= 4 is 108 Å². The monoisotopic (exact) mass is 678 g/mol. The Bertz CT molecular complexity index is 3410. The number of rotatable bonds is 2. The third-order valence-corrected chi connectivity index (χ3v) is 12.7. The van der Waals surface area contributed by atoms with Gasteiger partial charge in [0.1, 0.15) is 11.2 Å². The fraction of sp³-hybridized carbons (Fsp3) is 0. The SMILES string of the molecule is c1ccc2c(c1)oc1c(-c3ccc4c5c3c3ccccc3n5c3ccc(-c5cccc6c5sc5ccccc56)c5c6ccccc6n4c53)cccc12. The van der Waals surface area contributed by atoms with Crippen LogP contribution in [0, 0.1) is 0 Å². The summed E-state index contributed by atoms with van der Waals surface area (Å²) in [5.41, 5.74) is 14.0. The van der Waals surface area contributed by atoms with Gasteiger partial charge in [-0.1, -0.05) is 121 Å². The molecule has 0 amide bonds. The first-order valence-corrected chi connectivity index (χ1v) is 18.6. The Hall–Kier alpha value is -6.62. The molecule has 13 aromatic rings. The van der Waals surface area contributed by atoms with Crippen LogP contribution >= 0.6 is 11.3 Å². The molecule has 0 N–H and O–H groups in total. The molecule has 0 saturated carbocycles. The largest absolute Gasteiger partial charge is 0.455 e. The van der Waals surface area contributed by atoms with Crippen LogP contribution < -0.4 is 0 Å². The number of thiophene rings is 1. The van der Waals surface area contributed by atoms with Crippen molar-refractivity contribution < 1.29 is 4.42 Å². The first-order chi connectivity index (χ1) is 25.8. The van der Waals surface area contributed by atoms with Gasteiger partial charge < -0.3 is 13.2 Å². The van der Waals surface area contributed by atoms with E-state index < -0.39 is 0 Å². The van der Waals surface area contributed by atoms with Crippen LogP contribution in [0.3, 0.4) is 0 Å². The summed E-state index contributed by atoms with van der Waals surface area (Å²) in [7, 11) is 0. The minimum atomic E-state index is 0.915. The van der Waals surface area contributed by atoms with Crippen molar-refractivity contribution in [2.45, 2.75) is 0 Å². The molecule has 0 aliphatic heterocycles. The highest BCUT2D eigenvalue weighted by Crippen LogP contribution is 2.49. The highest BCUT2D eigenvalue weighted by Gasteiger charge is 2.26. The number of aromatic nitrogens is 2. The van der Waals surface area contributed by atoms with Crippen molar-refractivity contribution in [3.05, 3.63) is 158 Å². The molecule has 8 aromatic carbocycles. The summed E-state index contributed by atoms with van der Waals surface area (Å²) in [4.78, 5) is 0. The molecule has 0 radical (unpaired) electrons. The van der Waals surface area contributed by atoms with Crippen LogP contribution in [-0.4, -0.2) is 8.80 Å². The topological polar surface area (TPSA) is 22.0 Å². The van der Waals surface area contributed by atoms with E-state index in [2.05, 4.69) is 160 Å². The summed E-state index contributed by atoms with van der Waals surface area (Å²) in [6.45, 7) is 0. The van der Waals surface area contributed by atoms with Crippen molar-refractivity contribution in [1.29, 1.82) is 0 Å². The zero-order chi connectivity index (χ0) is 33.7. The molecule has 0 saturated heterocycles. The highest BCUT2D eigenvalue weighted by molar-refractivity contribution is 7.26. The summed E-state index contributed by atoms with van der Waals surface area (Å²) in [5.74, 6) is 0. The molecule has 0 aliphatic rings. The van der Waals surface area contributed by atoms with Gasteiger partial charge in [0.15, 0.2) is 0 Å². The fourth-order valence-corrected chi connectivity index (χ4v) is 10.6. The van der Waals surface area contributed by atoms with Gasteiger partial charge in [0.05, 0.1) is 33.1 Å². The zero-order valence-corrected chi connectivity index (χ0v) is 28.5. The average Bonchev–Trinajstić information content (AvgIpc) is 3.96.